The van der Waals surface area contributed by atoms with E-state index in [4.69, 9.17) is 13.9 Å². The highest BCUT2D eigenvalue weighted by molar-refractivity contribution is 5.78. The summed E-state index contributed by atoms with van der Waals surface area (Å²) in [7, 11) is 0. The van der Waals surface area contributed by atoms with E-state index in [-0.39, 0.29) is 35.0 Å². The van der Waals surface area contributed by atoms with Gasteiger partial charge in [-0.1, -0.05) is 25.1 Å². The summed E-state index contributed by atoms with van der Waals surface area (Å²) in [6.07, 6.45) is 0.756. The third-order valence-electron chi connectivity index (χ3n) is 3.78. The molecule has 0 spiro atoms. The number of ether oxygens (including phenoxy) is 2. The predicted octanol–water partition coefficient (Wildman–Crippen LogP) is 4.71. The van der Waals surface area contributed by atoms with Crippen molar-refractivity contribution in [3.63, 3.8) is 0 Å². The Morgan fingerprint density at radius 1 is 1.07 bits per heavy atom. The molecule has 0 bridgehead atoms. The van der Waals surface area contributed by atoms with Gasteiger partial charge < -0.3 is 19.0 Å². The summed E-state index contributed by atoms with van der Waals surface area (Å²) >= 11 is 0. The van der Waals surface area contributed by atoms with Gasteiger partial charge in [-0.15, -0.1) is 0 Å². The van der Waals surface area contributed by atoms with E-state index in [1.54, 1.807) is 30.3 Å². The van der Waals surface area contributed by atoms with Gasteiger partial charge >= 0.3 is 6.01 Å². The number of phenolic OH excluding ortho intramolecular Hbond substituents is 1. The highest BCUT2D eigenvalue weighted by Crippen LogP contribution is 2.32. The van der Waals surface area contributed by atoms with Gasteiger partial charge in [0.05, 0.1) is 6.61 Å². The summed E-state index contributed by atoms with van der Waals surface area (Å²) < 4.78 is 30.7. The summed E-state index contributed by atoms with van der Waals surface area (Å²) in [6, 6.07) is 12.3. The first kappa shape index (κ1) is 17.7. The van der Waals surface area contributed by atoms with Crippen molar-refractivity contribution in [2.45, 2.75) is 13.3 Å². The molecule has 2 aromatic heterocycles. The second-order valence-corrected chi connectivity index (χ2v) is 5.92. The molecule has 0 fully saturated rings. The van der Waals surface area contributed by atoms with E-state index in [0.29, 0.717) is 17.7 Å². The topological polar surface area (TPSA) is 90.5 Å². The molecule has 8 heteroatoms. The Labute approximate surface area is 159 Å². The smallest absolute Gasteiger partial charge is 0.328 e. The van der Waals surface area contributed by atoms with Crippen LogP contribution in [0.4, 0.5) is 4.39 Å². The molecule has 2 heterocycles. The van der Waals surface area contributed by atoms with Crippen LogP contribution < -0.4 is 9.47 Å². The van der Waals surface area contributed by atoms with Crippen LogP contribution in [0.1, 0.15) is 13.3 Å². The van der Waals surface area contributed by atoms with Crippen LogP contribution in [0.2, 0.25) is 0 Å². The van der Waals surface area contributed by atoms with Crippen molar-refractivity contribution in [1.29, 1.82) is 0 Å². The molecular formula is C20H16FN3O4. The Morgan fingerprint density at radius 2 is 1.93 bits per heavy atom. The molecule has 1 N–H and O–H groups in total. The quantitative estimate of drug-likeness (QED) is 0.517. The van der Waals surface area contributed by atoms with Crippen LogP contribution in [0, 0.1) is 5.82 Å². The first-order valence-corrected chi connectivity index (χ1v) is 8.67. The number of nitrogens with zero attached hydrogens (tertiary/aromatic N) is 3. The normalized spacial score (nSPS) is 10.9. The van der Waals surface area contributed by atoms with E-state index in [2.05, 4.69) is 15.0 Å². The molecule has 0 unspecified atom stereocenters. The second kappa shape index (κ2) is 7.51. The monoisotopic (exact) mass is 381 g/mol. The average molecular weight is 381 g/mol. The molecule has 142 valence electrons. The summed E-state index contributed by atoms with van der Waals surface area (Å²) in [4.78, 5) is 12.8. The fourth-order valence-electron chi connectivity index (χ4n) is 2.51. The third-order valence-corrected chi connectivity index (χ3v) is 3.78. The minimum absolute atomic E-state index is 0.0176. The first-order valence-electron chi connectivity index (χ1n) is 8.67. The molecule has 0 aliphatic carbocycles. The van der Waals surface area contributed by atoms with Crippen molar-refractivity contribution in [1.82, 2.24) is 15.0 Å². The van der Waals surface area contributed by atoms with Crippen molar-refractivity contribution in [3.05, 3.63) is 54.3 Å². The van der Waals surface area contributed by atoms with Gasteiger partial charge in [-0.25, -0.2) is 9.37 Å². The summed E-state index contributed by atoms with van der Waals surface area (Å²) in [5.74, 6) is -0.0638. The first-order chi connectivity index (χ1) is 13.6. The lowest BCUT2D eigenvalue weighted by Crippen LogP contribution is -2.01. The van der Waals surface area contributed by atoms with Gasteiger partial charge in [0.15, 0.2) is 17.1 Å². The zero-order chi connectivity index (χ0) is 19.5. The number of halogens is 1. The Balaban J connectivity index is 1.78. The SMILES string of the molecule is CCCOc1nc(Oc2ccccc2F)nc2oc(-c3cccc(O)c3)nc12. The molecular weight excluding hydrogens is 365 g/mol. The Bertz CT molecular complexity index is 1130. The van der Waals surface area contributed by atoms with Gasteiger partial charge in [0.1, 0.15) is 5.75 Å². The maximum atomic E-state index is 13.9. The van der Waals surface area contributed by atoms with Crippen molar-refractivity contribution in [3.8, 4) is 34.8 Å². The van der Waals surface area contributed by atoms with Gasteiger partial charge in [-0.3, -0.25) is 0 Å². The van der Waals surface area contributed by atoms with E-state index in [0.717, 1.165) is 6.42 Å². The zero-order valence-corrected chi connectivity index (χ0v) is 14.9. The molecule has 0 saturated carbocycles. The van der Waals surface area contributed by atoms with Gasteiger partial charge in [0.2, 0.25) is 5.89 Å². The lowest BCUT2D eigenvalue weighted by Gasteiger charge is -2.07. The van der Waals surface area contributed by atoms with Gasteiger partial charge in [0.25, 0.3) is 11.6 Å². The van der Waals surface area contributed by atoms with Crippen LogP contribution >= 0.6 is 0 Å². The van der Waals surface area contributed by atoms with E-state index in [1.807, 2.05) is 6.92 Å². The molecule has 0 atom stereocenters. The number of phenols is 1. The maximum absolute atomic E-state index is 13.9. The number of hydrogen-bond donors (Lipinski definition) is 1. The standard InChI is InChI=1S/C20H16FN3O4/c1-2-10-26-18-16-19(28-17(22-16)12-6-5-7-13(25)11-12)24-20(23-18)27-15-9-4-3-8-14(15)21/h3-9,11,25H,2,10H2,1H3. The Kier molecular flexibility index (Phi) is 4.76. The van der Waals surface area contributed by atoms with E-state index >= 15 is 0 Å². The van der Waals surface area contributed by atoms with E-state index in [1.165, 1.54) is 18.2 Å². The fraction of sp³-hybridized carbons (Fsp3) is 0.150. The predicted molar refractivity (Wildman–Crippen MR) is 99.0 cm³/mol. The highest BCUT2D eigenvalue weighted by Gasteiger charge is 2.19. The number of hydrogen-bond acceptors (Lipinski definition) is 7. The Hall–Kier alpha value is -3.68. The largest absolute Gasteiger partial charge is 0.508 e. The second-order valence-electron chi connectivity index (χ2n) is 5.92. The molecule has 28 heavy (non-hydrogen) atoms. The van der Waals surface area contributed by atoms with Crippen LogP contribution in [-0.2, 0) is 0 Å². The Morgan fingerprint density at radius 3 is 2.71 bits per heavy atom. The minimum atomic E-state index is -0.541. The summed E-state index contributed by atoms with van der Waals surface area (Å²) in [6.45, 7) is 2.36. The van der Waals surface area contributed by atoms with Crippen LogP contribution in [0.25, 0.3) is 22.7 Å². The van der Waals surface area contributed by atoms with Crippen molar-refractivity contribution in [2.75, 3.05) is 6.61 Å². The number of para-hydroxylation sites is 1. The van der Waals surface area contributed by atoms with Gasteiger partial charge in [0, 0.05) is 5.56 Å². The maximum Gasteiger partial charge on any atom is 0.328 e. The van der Waals surface area contributed by atoms with Crippen LogP contribution in [0.15, 0.2) is 52.9 Å². The van der Waals surface area contributed by atoms with Gasteiger partial charge in [-0.2, -0.15) is 9.97 Å². The van der Waals surface area contributed by atoms with Crippen LogP contribution in [0.5, 0.6) is 23.4 Å². The summed E-state index contributed by atoms with van der Waals surface area (Å²) in [5, 5.41) is 9.68. The molecule has 0 radical (unpaired) electrons. The lowest BCUT2D eigenvalue weighted by molar-refractivity contribution is 0.301. The molecule has 7 nitrogen and oxygen atoms in total. The third kappa shape index (κ3) is 3.57. The van der Waals surface area contributed by atoms with E-state index < -0.39 is 5.82 Å². The molecule has 0 amide bonds. The molecule has 0 aliphatic rings. The lowest BCUT2D eigenvalue weighted by atomic mass is 10.2. The van der Waals surface area contributed by atoms with Crippen molar-refractivity contribution < 1.29 is 23.4 Å². The molecule has 4 aromatic rings. The zero-order valence-electron chi connectivity index (χ0n) is 14.9. The van der Waals surface area contributed by atoms with E-state index in [9.17, 15) is 9.50 Å². The number of fused-ring (bicyclic) bond motifs is 1. The minimum Gasteiger partial charge on any atom is -0.508 e. The van der Waals surface area contributed by atoms with Crippen molar-refractivity contribution in [2.24, 2.45) is 0 Å². The number of benzene rings is 2. The number of rotatable bonds is 6. The number of aromatic hydroxyl groups is 1. The highest BCUT2D eigenvalue weighted by atomic mass is 19.1. The molecule has 0 saturated heterocycles. The van der Waals surface area contributed by atoms with Gasteiger partial charge in [-0.05, 0) is 36.8 Å². The average Bonchev–Trinajstić information content (AvgIpc) is 3.12. The fourth-order valence-corrected chi connectivity index (χ4v) is 2.51. The molecule has 2 aromatic carbocycles. The van der Waals surface area contributed by atoms with Crippen LogP contribution in [0.3, 0.4) is 0 Å². The number of oxazole rings is 1. The van der Waals surface area contributed by atoms with Crippen LogP contribution in [-0.4, -0.2) is 26.7 Å². The summed E-state index contributed by atoms with van der Waals surface area (Å²) in [5.41, 5.74) is 1.01. The van der Waals surface area contributed by atoms with Crippen molar-refractivity contribution >= 4 is 11.2 Å². The number of aromatic nitrogens is 3. The molecule has 4 rings (SSSR count). The molecule has 0 aliphatic heterocycles.